The molecule has 0 aromatic carbocycles. The van der Waals surface area contributed by atoms with E-state index >= 15 is 0 Å². The van der Waals surface area contributed by atoms with Crippen LogP contribution in [0.25, 0.3) is 0 Å². The molecule has 4 N–H and O–H groups in total. The summed E-state index contributed by atoms with van der Waals surface area (Å²) in [6, 6.07) is 0. The Bertz CT molecular complexity index is 448. The minimum Gasteiger partial charge on any atom is -0.481 e. The molecule has 0 bridgehead atoms. The number of hydrogen-bond donors (Lipinski definition) is 4. The fraction of sp³-hybridized carbons (Fsp3) is 0.750. The van der Waals surface area contributed by atoms with Gasteiger partial charge < -0.3 is 25.2 Å². The van der Waals surface area contributed by atoms with Crippen molar-refractivity contribution in [3.8, 4) is 0 Å². The second-order valence-electron chi connectivity index (χ2n) is 6.95. The molecule has 1 fully saturated rings. The molecular formula is C20H34O6. The largest absolute Gasteiger partial charge is 0.481 e. The smallest absolute Gasteiger partial charge is 0.303 e. The van der Waals surface area contributed by atoms with Crippen molar-refractivity contribution < 1.29 is 30.0 Å². The second kappa shape index (κ2) is 13.0. The average Bonchev–Trinajstić information content (AvgIpc) is 2.97. The van der Waals surface area contributed by atoms with E-state index in [0.717, 1.165) is 19.3 Å². The van der Waals surface area contributed by atoms with E-state index in [1.807, 2.05) is 12.2 Å². The lowest BCUT2D eigenvalue weighted by Gasteiger charge is -2.18. The Hall–Kier alpha value is -1.21. The molecule has 1 aliphatic heterocycles. The Kier molecular flexibility index (Phi) is 11.4. The maximum absolute atomic E-state index is 10.4. The molecule has 1 rings (SSSR count). The lowest BCUT2D eigenvalue weighted by atomic mass is 10.0. The summed E-state index contributed by atoms with van der Waals surface area (Å²) >= 11 is 0. The predicted octanol–water partition coefficient (Wildman–Crippen LogP) is 2.56. The van der Waals surface area contributed by atoms with Gasteiger partial charge in [0.05, 0.1) is 24.4 Å². The Morgan fingerprint density at radius 2 is 2.00 bits per heavy atom. The van der Waals surface area contributed by atoms with Gasteiger partial charge in [0.15, 0.2) is 0 Å². The third-order valence-electron chi connectivity index (χ3n) is 4.55. The third kappa shape index (κ3) is 9.48. The molecule has 0 amide bonds. The summed E-state index contributed by atoms with van der Waals surface area (Å²) in [6.07, 6.45) is 10.2. The first-order valence-electron chi connectivity index (χ1n) is 9.68. The fourth-order valence-electron chi connectivity index (χ4n) is 2.97. The number of unbranched alkanes of at least 4 members (excludes halogenated alkanes) is 3. The van der Waals surface area contributed by atoms with Gasteiger partial charge in [0, 0.05) is 12.8 Å². The van der Waals surface area contributed by atoms with Crippen molar-refractivity contribution in [2.45, 2.75) is 95.2 Å². The summed E-state index contributed by atoms with van der Waals surface area (Å²) in [4.78, 5) is 10.4. The van der Waals surface area contributed by atoms with Crippen LogP contribution in [0.4, 0.5) is 0 Å². The van der Waals surface area contributed by atoms with Crippen LogP contribution in [-0.4, -0.2) is 56.9 Å². The molecule has 5 atom stereocenters. The number of aliphatic hydroxyl groups is 3. The molecule has 0 aromatic rings. The molecule has 0 saturated carbocycles. The molecule has 26 heavy (non-hydrogen) atoms. The summed E-state index contributed by atoms with van der Waals surface area (Å²) in [6.45, 7) is 2.11. The Morgan fingerprint density at radius 3 is 2.69 bits per heavy atom. The van der Waals surface area contributed by atoms with Gasteiger partial charge >= 0.3 is 5.97 Å². The number of ether oxygens (including phenoxy) is 1. The van der Waals surface area contributed by atoms with Crippen molar-refractivity contribution in [2.75, 3.05) is 0 Å². The van der Waals surface area contributed by atoms with Gasteiger partial charge in [0.1, 0.15) is 6.10 Å². The quantitative estimate of drug-likeness (QED) is 0.293. The van der Waals surface area contributed by atoms with Gasteiger partial charge in [-0.25, -0.2) is 0 Å². The number of allylic oxidation sites excluding steroid dienone is 1. The highest BCUT2D eigenvalue weighted by Gasteiger charge is 2.36. The van der Waals surface area contributed by atoms with Crippen LogP contribution in [0.3, 0.4) is 0 Å². The number of hydrogen-bond acceptors (Lipinski definition) is 5. The Balaban J connectivity index is 2.29. The lowest BCUT2D eigenvalue weighted by molar-refractivity contribution is -0.137. The van der Waals surface area contributed by atoms with Crippen LogP contribution in [0.5, 0.6) is 0 Å². The number of carboxylic acid groups (broad SMARTS) is 1. The summed E-state index contributed by atoms with van der Waals surface area (Å²) in [7, 11) is 0. The molecule has 0 radical (unpaired) electrons. The average molecular weight is 370 g/mol. The number of aliphatic hydroxyl groups excluding tert-OH is 3. The van der Waals surface area contributed by atoms with E-state index in [1.165, 1.54) is 0 Å². The van der Waals surface area contributed by atoms with Gasteiger partial charge in [-0.15, -0.1) is 0 Å². The van der Waals surface area contributed by atoms with Crippen LogP contribution in [-0.2, 0) is 9.53 Å². The zero-order valence-corrected chi connectivity index (χ0v) is 15.7. The van der Waals surface area contributed by atoms with Crippen molar-refractivity contribution in [1.82, 2.24) is 0 Å². The molecule has 0 unspecified atom stereocenters. The SMILES string of the molecule is CCCCC[C@H](O)[C@H]1C[C@@H](O)[C@H](/C=C/[C@@H](O)C/C=C\CCCC(=O)O)O1. The summed E-state index contributed by atoms with van der Waals surface area (Å²) in [5.41, 5.74) is 0. The predicted molar refractivity (Wildman–Crippen MR) is 99.8 cm³/mol. The lowest BCUT2D eigenvalue weighted by Crippen LogP contribution is -2.26. The maximum Gasteiger partial charge on any atom is 0.303 e. The molecular weight excluding hydrogens is 336 g/mol. The maximum atomic E-state index is 10.4. The summed E-state index contributed by atoms with van der Waals surface area (Å²) < 4.78 is 5.73. The molecule has 0 spiro atoms. The minimum absolute atomic E-state index is 0.148. The molecule has 6 heteroatoms. The highest BCUT2D eigenvalue weighted by Crippen LogP contribution is 2.26. The van der Waals surface area contributed by atoms with E-state index in [1.54, 1.807) is 12.2 Å². The van der Waals surface area contributed by atoms with Gasteiger partial charge in [-0.05, 0) is 25.7 Å². The van der Waals surface area contributed by atoms with Crippen molar-refractivity contribution in [2.24, 2.45) is 0 Å². The van der Waals surface area contributed by atoms with E-state index in [9.17, 15) is 20.1 Å². The molecule has 1 saturated heterocycles. The zero-order valence-electron chi connectivity index (χ0n) is 15.7. The van der Waals surface area contributed by atoms with Gasteiger partial charge in [-0.3, -0.25) is 4.79 Å². The number of carbonyl (C=O) groups is 1. The number of aliphatic carboxylic acids is 1. The molecule has 6 nitrogen and oxygen atoms in total. The molecule has 0 aliphatic carbocycles. The molecule has 150 valence electrons. The van der Waals surface area contributed by atoms with Crippen LogP contribution in [0.15, 0.2) is 24.3 Å². The van der Waals surface area contributed by atoms with Crippen LogP contribution in [0.1, 0.15) is 64.7 Å². The molecule has 1 heterocycles. The highest BCUT2D eigenvalue weighted by molar-refractivity contribution is 5.66. The number of rotatable bonds is 13. The van der Waals surface area contributed by atoms with Crippen molar-refractivity contribution in [3.63, 3.8) is 0 Å². The number of carboxylic acids is 1. The normalized spacial score (nSPS) is 25.9. The van der Waals surface area contributed by atoms with Gasteiger partial charge in [-0.2, -0.15) is 0 Å². The van der Waals surface area contributed by atoms with E-state index in [2.05, 4.69) is 6.92 Å². The van der Waals surface area contributed by atoms with Crippen LogP contribution in [0.2, 0.25) is 0 Å². The van der Waals surface area contributed by atoms with E-state index < -0.39 is 30.4 Å². The monoisotopic (exact) mass is 370 g/mol. The van der Waals surface area contributed by atoms with Crippen LogP contribution >= 0.6 is 0 Å². The van der Waals surface area contributed by atoms with E-state index in [4.69, 9.17) is 9.84 Å². The molecule has 0 aromatic heterocycles. The topological polar surface area (TPSA) is 107 Å². The van der Waals surface area contributed by atoms with E-state index in [0.29, 0.717) is 32.1 Å². The van der Waals surface area contributed by atoms with Gasteiger partial charge in [0.2, 0.25) is 0 Å². The zero-order chi connectivity index (χ0) is 19.4. The fourth-order valence-corrected chi connectivity index (χ4v) is 2.97. The first-order chi connectivity index (χ1) is 12.4. The first-order valence-corrected chi connectivity index (χ1v) is 9.68. The third-order valence-corrected chi connectivity index (χ3v) is 4.55. The highest BCUT2D eigenvalue weighted by atomic mass is 16.5. The Labute approximate surface area is 156 Å². The van der Waals surface area contributed by atoms with Crippen molar-refractivity contribution in [3.05, 3.63) is 24.3 Å². The standard InChI is InChI=1S/C20H34O6/c1-2-3-6-10-16(22)19-14-17(23)18(26-19)13-12-15(21)9-7-4-5-8-11-20(24)25/h4,7,12-13,15-19,21-23H,2-3,5-6,8-11,14H2,1H3,(H,24,25)/b7-4-,13-12+/t15-,16-,17+,18-,19+/m0/s1. The van der Waals surface area contributed by atoms with Crippen LogP contribution < -0.4 is 0 Å². The summed E-state index contributed by atoms with van der Waals surface area (Å²) in [5, 5.41) is 38.7. The minimum atomic E-state index is -0.801. The van der Waals surface area contributed by atoms with E-state index in [-0.39, 0.29) is 12.5 Å². The van der Waals surface area contributed by atoms with Crippen LogP contribution in [0, 0.1) is 0 Å². The Morgan fingerprint density at radius 1 is 1.23 bits per heavy atom. The van der Waals surface area contributed by atoms with Gasteiger partial charge in [-0.1, -0.05) is 50.5 Å². The first kappa shape index (κ1) is 22.8. The summed E-state index contributed by atoms with van der Waals surface area (Å²) in [5.74, 6) is -0.801. The van der Waals surface area contributed by atoms with Crippen molar-refractivity contribution in [1.29, 1.82) is 0 Å². The second-order valence-corrected chi connectivity index (χ2v) is 6.95. The molecule has 1 aliphatic rings. The van der Waals surface area contributed by atoms with Gasteiger partial charge in [0.25, 0.3) is 0 Å². The van der Waals surface area contributed by atoms with Crippen molar-refractivity contribution >= 4 is 5.97 Å².